The van der Waals surface area contributed by atoms with Crippen LogP contribution in [0.25, 0.3) is 10.8 Å². The lowest BCUT2D eigenvalue weighted by Crippen LogP contribution is -2.29. The Hall–Kier alpha value is -1.78. The van der Waals surface area contributed by atoms with Gasteiger partial charge in [-0.05, 0) is 11.5 Å². The van der Waals surface area contributed by atoms with E-state index in [-0.39, 0.29) is 0 Å². The number of nitrogens with one attached hydrogen (secondary N) is 2. The molecule has 2 aromatic carbocycles. The highest BCUT2D eigenvalue weighted by Gasteiger charge is 2.02. The van der Waals surface area contributed by atoms with Crippen molar-refractivity contribution in [3.05, 3.63) is 53.8 Å². The van der Waals surface area contributed by atoms with Crippen LogP contribution in [0.15, 0.2) is 53.8 Å². The van der Waals surface area contributed by atoms with E-state index in [2.05, 4.69) is 28.8 Å². The number of rotatable bonds is 4. The Balaban J connectivity index is 2.11. The second-order valence-electron chi connectivity index (χ2n) is 3.99. The predicted octanol–water partition coefficient (Wildman–Crippen LogP) is 3.17. The first-order chi connectivity index (χ1) is 9.20. The average molecular weight is 292 g/mol. The zero-order chi connectivity index (χ0) is 13.7. The van der Waals surface area contributed by atoms with E-state index in [0.717, 1.165) is 11.1 Å². The summed E-state index contributed by atoms with van der Waals surface area (Å²) >= 11 is 10.7. The topological polar surface area (TPSA) is 50.1 Å². The molecule has 0 aliphatic carbocycles. The molecule has 0 amide bonds. The minimum absolute atomic E-state index is 0.392. The number of hydrogen-bond acceptors (Lipinski definition) is 3. The van der Waals surface area contributed by atoms with Crippen LogP contribution in [0.1, 0.15) is 0 Å². The van der Waals surface area contributed by atoms with Gasteiger partial charge in [-0.15, -0.1) is 0 Å². The van der Waals surface area contributed by atoms with Crippen LogP contribution in [0.3, 0.4) is 0 Å². The van der Waals surface area contributed by atoms with E-state index in [1.807, 2.05) is 24.3 Å². The molecule has 0 unspecified atom stereocenters. The van der Waals surface area contributed by atoms with Crippen LogP contribution in [-0.2, 0) is 0 Å². The Labute approximate surface area is 122 Å². The SMILES string of the molecule is N/C(=C\Cl)NCC(=S)Nc1cccc2ccccc12. The van der Waals surface area contributed by atoms with E-state index < -0.39 is 0 Å². The van der Waals surface area contributed by atoms with E-state index >= 15 is 0 Å². The zero-order valence-electron chi connectivity index (χ0n) is 10.2. The maximum Gasteiger partial charge on any atom is 0.108 e. The van der Waals surface area contributed by atoms with Crippen molar-refractivity contribution in [1.82, 2.24) is 5.32 Å². The lowest BCUT2D eigenvalue weighted by molar-refractivity contribution is 0.918. The number of halogens is 1. The first-order valence-corrected chi connectivity index (χ1v) is 6.62. The Bertz CT molecular complexity index is 620. The molecule has 0 spiro atoms. The monoisotopic (exact) mass is 291 g/mol. The van der Waals surface area contributed by atoms with Crippen molar-refractivity contribution in [2.45, 2.75) is 0 Å². The summed E-state index contributed by atoms with van der Waals surface area (Å²) in [5.41, 5.74) is 7.80. The van der Waals surface area contributed by atoms with Crippen molar-refractivity contribution in [2.24, 2.45) is 5.73 Å². The molecule has 0 bridgehead atoms. The molecule has 0 aliphatic rings. The molecule has 0 radical (unpaired) electrons. The summed E-state index contributed by atoms with van der Waals surface area (Å²) in [4.78, 5) is 0.651. The van der Waals surface area contributed by atoms with Crippen molar-refractivity contribution >= 4 is 45.3 Å². The number of nitrogens with two attached hydrogens (primary N) is 1. The first kappa shape index (κ1) is 13.6. The fraction of sp³-hybridized carbons (Fsp3) is 0.0714. The molecule has 0 aliphatic heterocycles. The maximum atomic E-state index is 5.54. The third-order valence-corrected chi connectivity index (χ3v) is 3.12. The average Bonchev–Trinajstić information content (AvgIpc) is 2.45. The summed E-state index contributed by atoms with van der Waals surface area (Å²) in [6, 6.07) is 14.2. The Morgan fingerprint density at radius 3 is 2.74 bits per heavy atom. The number of hydrogen-bond donors (Lipinski definition) is 3. The van der Waals surface area contributed by atoms with E-state index in [9.17, 15) is 0 Å². The third-order valence-electron chi connectivity index (χ3n) is 2.63. The molecule has 2 aromatic rings. The molecule has 0 atom stereocenters. The number of anilines is 1. The van der Waals surface area contributed by atoms with Gasteiger partial charge in [0.25, 0.3) is 0 Å². The molecule has 0 heterocycles. The molecule has 4 N–H and O–H groups in total. The number of benzene rings is 2. The Morgan fingerprint density at radius 1 is 1.21 bits per heavy atom. The highest BCUT2D eigenvalue weighted by Crippen LogP contribution is 2.22. The highest BCUT2D eigenvalue weighted by molar-refractivity contribution is 7.80. The van der Waals surface area contributed by atoms with Crippen molar-refractivity contribution in [1.29, 1.82) is 0 Å². The molecule has 0 aromatic heterocycles. The van der Waals surface area contributed by atoms with Crippen molar-refractivity contribution < 1.29 is 0 Å². The largest absolute Gasteiger partial charge is 0.385 e. The maximum absolute atomic E-state index is 5.54. The molecule has 0 saturated heterocycles. The zero-order valence-corrected chi connectivity index (χ0v) is 11.8. The van der Waals surface area contributed by atoms with Crippen LogP contribution in [0.5, 0.6) is 0 Å². The van der Waals surface area contributed by atoms with Gasteiger partial charge in [0.05, 0.1) is 11.5 Å². The van der Waals surface area contributed by atoms with Gasteiger partial charge >= 0.3 is 0 Å². The Kier molecular flexibility index (Phi) is 4.60. The molecule has 5 heteroatoms. The van der Waals surface area contributed by atoms with Crippen LogP contribution in [0.2, 0.25) is 0 Å². The predicted molar refractivity (Wildman–Crippen MR) is 86.3 cm³/mol. The van der Waals surface area contributed by atoms with Crippen molar-refractivity contribution in [3.63, 3.8) is 0 Å². The smallest absolute Gasteiger partial charge is 0.108 e. The minimum Gasteiger partial charge on any atom is -0.385 e. The van der Waals surface area contributed by atoms with Gasteiger partial charge in [0.15, 0.2) is 0 Å². The summed E-state index contributed by atoms with van der Waals surface area (Å²) in [7, 11) is 0. The minimum atomic E-state index is 0.392. The normalized spacial score (nSPS) is 11.3. The van der Waals surface area contributed by atoms with Gasteiger partial charge in [-0.3, -0.25) is 0 Å². The molecule has 2 rings (SSSR count). The van der Waals surface area contributed by atoms with Gasteiger partial charge < -0.3 is 16.4 Å². The third kappa shape index (κ3) is 3.59. The fourth-order valence-corrected chi connectivity index (χ4v) is 2.01. The van der Waals surface area contributed by atoms with E-state index in [0.29, 0.717) is 17.4 Å². The molecular formula is C14H14ClN3S. The van der Waals surface area contributed by atoms with Crippen LogP contribution in [0, 0.1) is 0 Å². The quantitative estimate of drug-likeness (QED) is 0.758. The lowest BCUT2D eigenvalue weighted by Gasteiger charge is -2.12. The van der Waals surface area contributed by atoms with Gasteiger partial charge in [-0.1, -0.05) is 60.2 Å². The second-order valence-corrected chi connectivity index (χ2v) is 4.70. The summed E-state index contributed by atoms with van der Waals surface area (Å²) < 4.78 is 0. The van der Waals surface area contributed by atoms with Crippen LogP contribution in [-0.4, -0.2) is 11.5 Å². The Morgan fingerprint density at radius 2 is 1.95 bits per heavy atom. The summed E-state index contributed by atoms with van der Waals surface area (Å²) in [5, 5.41) is 8.41. The van der Waals surface area contributed by atoms with Crippen LogP contribution < -0.4 is 16.4 Å². The first-order valence-electron chi connectivity index (χ1n) is 5.78. The van der Waals surface area contributed by atoms with E-state index in [4.69, 9.17) is 29.6 Å². The van der Waals surface area contributed by atoms with E-state index in [1.165, 1.54) is 10.9 Å². The molecule has 98 valence electrons. The molecule has 0 saturated carbocycles. The molecular weight excluding hydrogens is 278 g/mol. The highest BCUT2D eigenvalue weighted by atomic mass is 35.5. The molecule has 0 fully saturated rings. The second kappa shape index (κ2) is 6.41. The fourth-order valence-electron chi connectivity index (χ4n) is 1.75. The number of fused-ring (bicyclic) bond motifs is 1. The van der Waals surface area contributed by atoms with Gasteiger partial charge in [0, 0.05) is 16.6 Å². The van der Waals surface area contributed by atoms with Gasteiger partial charge in [0.2, 0.25) is 0 Å². The standard InChI is InChI=1S/C14H14ClN3S/c15-8-13(16)17-9-14(19)18-12-7-3-5-10-4-1-2-6-11(10)12/h1-8,17H,9,16H2,(H,18,19)/b13-8+. The molecule has 3 nitrogen and oxygen atoms in total. The van der Waals surface area contributed by atoms with Gasteiger partial charge in [-0.2, -0.15) is 0 Å². The van der Waals surface area contributed by atoms with Crippen molar-refractivity contribution in [3.8, 4) is 0 Å². The van der Waals surface area contributed by atoms with Gasteiger partial charge in [-0.25, -0.2) is 0 Å². The van der Waals surface area contributed by atoms with Crippen LogP contribution >= 0.6 is 23.8 Å². The van der Waals surface area contributed by atoms with Crippen molar-refractivity contribution in [2.75, 3.05) is 11.9 Å². The summed E-state index contributed by atoms with van der Waals surface area (Å²) in [5.74, 6) is 0.392. The molecule has 19 heavy (non-hydrogen) atoms. The van der Waals surface area contributed by atoms with E-state index in [1.54, 1.807) is 0 Å². The summed E-state index contributed by atoms with van der Waals surface area (Å²) in [6.45, 7) is 0.438. The van der Waals surface area contributed by atoms with Gasteiger partial charge in [0.1, 0.15) is 5.82 Å². The summed E-state index contributed by atoms with van der Waals surface area (Å²) in [6.07, 6.45) is 0. The van der Waals surface area contributed by atoms with Crippen LogP contribution in [0.4, 0.5) is 5.69 Å². The lowest BCUT2D eigenvalue weighted by atomic mass is 10.1. The number of thiocarbonyl (C=S) groups is 1.